The van der Waals surface area contributed by atoms with Crippen LogP contribution in [0, 0.1) is 41.7 Å². The maximum atomic E-state index is 14.0. The normalized spacial score (nSPS) is 22.3. The van der Waals surface area contributed by atoms with Crippen LogP contribution in [-0.4, -0.2) is 51.6 Å². The number of anilines is 1. The third kappa shape index (κ3) is 11.5. The van der Waals surface area contributed by atoms with Crippen LogP contribution in [0.1, 0.15) is 122 Å². The first-order valence-electron chi connectivity index (χ1n) is 19.4. The van der Waals surface area contributed by atoms with Gasteiger partial charge in [0.05, 0.1) is 23.6 Å². The summed E-state index contributed by atoms with van der Waals surface area (Å²) in [6.07, 6.45) is 24.6. The van der Waals surface area contributed by atoms with Crippen molar-refractivity contribution in [3.05, 3.63) is 71.7 Å². The van der Waals surface area contributed by atoms with Crippen molar-refractivity contribution in [3.63, 3.8) is 0 Å². The zero-order chi connectivity index (χ0) is 37.9. The number of hydrogen-bond donors (Lipinski definition) is 0. The summed E-state index contributed by atoms with van der Waals surface area (Å²) in [5, 5.41) is 4.62. The van der Waals surface area contributed by atoms with Gasteiger partial charge in [-0.3, -0.25) is 0 Å². The zero-order valence-corrected chi connectivity index (χ0v) is 35.2. The third-order valence-corrected chi connectivity index (χ3v) is 18.0. The zero-order valence-electron chi connectivity index (χ0n) is 30.9. The summed E-state index contributed by atoms with van der Waals surface area (Å²) < 4.78 is 75.2. The van der Waals surface area contributed by atoms with E-state index < -0.39 is 48.3 Å². The van der Waals surface area contributed by atoms with Crippen molar-refractivity contribution in [2.45, 2.75) is 140 Å². The average molecular weight is 892 g/mol. The molecule has 4 fully saturated rings. The fraction of sp³-hybridized carbons (Fsp3) is 0.625. The van der Waals surface area contributed by atoms with E-state index in [0.29, 0.717) is 17.5 Å². The van der Waals surface area contributed by atoms with Crippen LogP contribution in [0.15, 0.2) is 35.4 Å². The molecule has 0 N–H and O–H groups in total. The molecule has 3 saturated carbocycles. The SMILES string of the molecule is C1CCC([PH+](C2CCCCC2)C2CCCCC2)CC1.CC[C@H](C)[C@H]1COCC2=NN(c3c(F)c(F)c(F)c(F)c3F)[CH-]N21.[Cl][Ru]([Cl])=[CH]c1ccccc1. The summed E-state index contributed by atoms with van der Waals surface area (Å²) in [5.41, 5.74) is 3.70. The van der Waals surface area contributed by atoms with Crippen molar-refractivity contribution < 1.29 is 40.2 Å². The topological polar surface area (TPSA) is 28.1 Å². The van der Waals surface area contributed by atoms with E-state index in [2.05, 4.69) is 5.10 Å². The Balaban J connectivity index is 0.000000166. The van der Waals surface area contributed by atoms with E-state index in [-0.39, 0.29) is 26.5 Å². The first-order valence-corrected chi connectivity index (χ1v) is 26.7. The van der Waals surface area contributed by atoms with Crippen molar-refractivity contribution >= 4 is 43.4 Å². The Hall–Kier alpha value is -1.18. The number of ether oxygens (including phenoxy) is 1. The molecular weight excluding hydrogens is 836 g/mol. The third-order valence-electron chi connectivity index (χ3n) is 11.6. The fourth-order valence-corrected chi connectivity index (χ4v) is 15.7. The Labute approximate surface area is 327 Å². The predicted octanol–water partition coefficient (Wildman–Crippen LogP) is 12.3. The molecule has 0 unspecified atom stereocenters. The number of benzene rings is 2. The van der Waals surface area contributed by atoms with Gasteiger partial charge in [-0.1, -0.05) is 39.5 Å². The summed E-state index contributed by atoms with van der Waals surface area (Å²) in [5.74, 6) is -9.51. The minimum absolute atomic E-state index is 0.0465. The van der Waals surface area contributed by atoms with Crippen LogP contribution < -0.4 is 5.01 Å². The monoisotopic (exact) mass is 891 g/mol. The van der Waals surface area contributed by atoms with Crippen LogP contribution in [0.25, 0.3) is 0 Å². The van der Waals surface area contributed by atoms with Gasteiger partial charge in [0.15, 0.2) is 23.3 Å². The molecule has 0 aromatic heterocycles. The Morgan fingerprint density at radius 2 is 1.26 bits per heavy atom. The van der Waals surface area contributed by atoms with E-state index in [1.807, 2.05) is 48.8 Å². The second-order valence-corrected chi connectivity index (χ2v) is 24.2. The number of morpholine rings is 1. The van der Waals surface area contributed by atoms with Gasteiger partial charge in [0.25, 0.3) is 0 Å². The number of hydrazone groups is 1. The molecule has 5 aliphatic rings. The molecule has 0 radical (unpaired) electrons. The van der Waals surface area contributed by atoms with Gasteiger partial charge in [-0.25, -0.2) is 22.0 Å². The van der Waals surface area contributed by atoms with Crippen LogP contribution in [0.5, 0.6) is 0 Å². The van der Waals surface area contributed by atoms with Crippen LogP contribution in [0.2, 0.25) is 0 Å². The van der Waals surface area contributed by atoms with Gasteiger partial charge in [-0.05, 0) is 83.0 Å². The Bertz CT molecular complexity index is 1450. The Morgan fingerprint density at radius 3 is 1.72 bits per heavy atom. The van der Waals surface area contributed by atoms with Gasteiger partial charge in [0.1, 0.15) is 18.1 Å². The molecule has 2 aromatic rings. The number of halogens is 7. The van der Waals surface area contributed by atoms with Crippen molar-refractivity contribution in [1.82, 2.24) is 4.90 Å². The van der Waals surface area contributed by atoms with Gasteiger partial charge >= 0.3 is 73.4 Å². The van der Waals surface area contributed by atoms with Crippen molar-refractivity contribution in [3.8, 4) is 0 Å². The molecule has 0 bridgehead atoms. The molecular formula is C40H55Cl2F5N3OPRu. The van der Waals surface area contributed by atoms with Gasteiger partial charge in [0, 0.05) is 14.0 Å². The van der Waals surface area contributed by atoms with Crippen LogP contribution >= 0.6 is 27.3 Å². The first kappa shape index (κ1) is 43.0. The predicted molar refractivity (Wildman–Crippen MR) is 209 cm³/mol. The van der Waals surface area contributed by atoms with E-state index in [1.54, 1.807) is 101 Å². The molecule has 0 spiro atoms. The first-order chi connectivity index (χ1) is 25.6. The molecule has 4 nitrogen and oxygen atoms in total. The average Bonchev–Trinajstić information content (AvgIpc) is 3.62. The molecule has 53 heavy (non-hydrogen) atoms. The summed E-state index contributed by atoms with van der Waals surface area (Å²) in [6.45, 7) is 5.68. The number of fused-ring (bicyclic) bond motifs is 1. The molecule has 3 aliphatic carbocycles. The van der Waals surface area contributed by atoms with E-state index in [4.69, 9.17) is 24.1 Å². The number of hydrogen-bond acceptors (Lipinski definition) is 4. The van der Waals surface area contributed by atoms with Crippen LogP contribution in [-0.2, 0) is 18.3 Å². The molecule has 2 aromatic carbocycles. The number of rotatable bonds is 7. The van der Waals surface area contributed by atoms with Crippen molar-refractivity contribution in [2.75, 3.05) is 18.2 Å². The minimum atomic E-state index is -2.20. The molecule has 2 aliphatic heterocycles. The number of amidine groups is 1. The Morgan fingerprint density at radius 1 is 0.792 bits per heavy atom. The molecule has 298 valence electrons. The standard InChI is InChI=1S/C18H33P.C15H15F5N3O.C7H6.2ClH.Ru/c1-4-10-16(11-5-1)19(17-12-6-2-7-13-17)18-14-8-3-9-15-18;1-3-7(2)8-4-24-5-9-21-23(6-22(8)9)15-13(19)11(17)10(16)12(18)14(15)20;1-7-5-3-2-4-6-7;;;/h16-18H,1-15H2;6-8H,3-5H2,1-2H3;1-6H;2*1H;/q;-1;;;;+2/p-1/t;7-,8+;;;;/m.0..../s1. The van der Waals surface area contributed by atoms with Crippen LogP contribution in [0.4, 0.5) is 27.6 Å². The quantitative estimate of drug-likeness (QED) is 0.0692. The molecule has 1 saturated heterocycles. The summed E-state index contributed by atoms with van der Waals surface area (Å²) in [4.78, 5) is 1.66. The van der Waals surface area contributed by atoms with Crippen molar-refractivity contribution in [2.24, 2.45) is 11.0 Å². The van der Waals surface area contributed by atoms with Crippen molar-refractivity contribution in [1.29, 1.82) is 0 Å². The second-order valence-electron chi connectivity index (χ2n) is 15.0. The summed E-state index contributed by atoms with van der Waals surface area (Å²) in [7, 11) is 11.3. The van der Waals surface area contributed by atoms with Crippen LogP contribution in [0.3, 0.4) is 0 Å². The van der Waals surface area contributed by atoms with E-state index in [1.165, 1.54) is 23.6 Å². The summed E-state index contributed by atoms with van der Waals surface area (Å²) >= 11 is -1.61. The number of nitrogens with zero attached hydrogens (tertiary/aromatic N) is 3. The second kappa shape index (κ2) is 21.4. The van der Waals surface area contributed by atoms with E-state index in [9.17, 15) is 22.0 Å². The van der Waals surface area contributed by atoms with Gasteiger partial charge in [-0.2, -0.15) is 5.10 Å². The van der Waals surface area contributed by atoms with E-state index >= 15 is 0 Å². The van der Waals surface area contributed by atoms with Gasteiger partial charge in [-0.15, -0.1) is 6.67 Å². The molecule has 2 atom stereocenters. The maximum absolute atomic E-state index is 14.0. The molecule has 13 heteroatoms. The van der Waals surface area contributed by atoms with Gasteiger partial charge < -0.3 is 14.6 Å². The van der Waals surface area contributed by atoms with E-state index in [0.717, 1.165) is 12.0 Å². The Kier molecular flexibility index (Phi) is 17.3. The van der Waals surface area contributed by atoms with Gasteiger partial charge in [0.2, 0.25) is 5.82 Å². The summed E-state index contributed by atoms with van der Waals surface area (Å²) in [6, 6.07) is 9.76. The molecule has 7 rings (SSSR count). The molecule has 2 heterocycles. The fourth-order valence-electron chi connectivity index (χ4n) is 8.65. The molecule has 0 amide bonds.